The van der Waals surface area contributed by atoms with Gasteiger partial charge < -0.3 is 10.2 Å². The Morgan fingerprint density at radius 3 is 2.67 bits per heavy atom. The summed E-state index contributed by atoms with van der Waals surface area (Å²) in [5, 5.41) is 3.58. The molecule has 0 amide bonds. The number of hydrogen-bond donors (Lipinski definition) is 1. The van der Waals surface area contributed by atoms with Gasteiger partial charge in [0, 0.05) is 24.3 Å². The molecule has 0 atom stereocenters. The van der Waals surface area contributed by atoms with Gasteiger partial charge in [0.2, 0.25) is 5.28 Å². The van der Waals surface area contributed by atoms with E-state index in [1.807, 2.05) is 13.0 Å². The fourth-order valence-electron chi connectivity index (χ4n) is 1.58. The SMILES string of the molecule is Cc1cc(NCCCCN(C)C(C)C)nc(Cl)n1. The highest BCUT2D eigenvalue weighted by molar-refractivity contribution is 6.28. The molecule has 0 bridgehead atoms. The van der Waals surface area contributed by atoms with E-state index in [0.29, 0.717) is 11.3 Å². The van der Waals surface area contributed by atoms with Crippen molar-refractivity contribution < 1.29 is 0 Å². The van der Waals surface area contributed by atoms with Crippen molar-refractivity contribution in [1.29, 1.82) is 0 Å². The minimum atomic E-state index is 0.303. The van der Waals surface area contributed by atoms with Crippen LogP contribution in [0.25, 0.3) is 0 Å². The Hall–Kier alpha value is -0.870. The third-order valence-electron chi connectivity index (χ3n) is 2.95. The predicted molar refractivity (Wildman–Crippen MR) is 77.3 cm³/mol. The van der Waals surface area contributed by atoms with Crippen molar-refractivity contribution in [2.24, 2.45) is 0 Å². The van der Waals surface area contributed by atoms with Crippen LogP contribution in [0.15, 0.2) is 6.07 Å². The molecule has 1 rings (SSSR count). The monoisotopic (exact) mass is 270 g/mol. The molecule has 0 fully saturated rings. The van der Waals surface area contributed by atoms with Crippen molar-refractivity contribution in [3.63, 3.8) is 0 Å². The Labute approximate surface area is 115 Å². The highest BCUT2D eigenvalue weighted by Crippen LogP contribution is 2.09. The van der Waals surface area contributed by atoms with Crippen molar-refractivity contribution in [1.82, 2.24) is 14.9 Å². The molecule has 1 heterocycles. The van der Waals surface area contributed by atoms with E-state index >= 15 is 0 Å². The maximum atomic E-state index is 5.80. The van der Waals surface area contributed by atoms with Gasteiger partial charge in [-0.2, -0.15) is 0 Å². The summed E-state index contributed by atoms with van der Waals surface area (Å²) in [6, 6.07) is 2.52. The van der Waals surface area contributed by atoms with Gasteiger partial charge in [-0.1, -0.05) is 0 Å². The highest BCUT2D eigenvalue weighted by Gasteiger charge is 2.02. The highest BCUT2D eigenvalue weighted by atomic mass is 35.5. The molecule has 1 aromatic heterocycles. The van der Waals surface area contributed by atoms with Gasteiger partial charge in [0.05, 0.1) is 0 Å². The first-order chi connectivity index (χ1) is 8.49. The van der Waals surface area contributed by atoms with Gasteiger partial charge in [-0.25, -0.2) is 9.97 Å². The first kappa shape index (κ1) is 15.2. The Balaban J connectivity index is 2.22. The maximum absolute atomic E-state index is 5.80. The molecule has 102 valence electrons. The Morgan fingerprint density at radius 1 is 1.33 bits per heavy atom. The lowest BCUT2D eigenvalue weighted by Crippen LogP contribution is -2.27. The number of hydrogen-bond acceptors (Lipinski definition) is 4. The van der Waals surface area contributed by atoms with E-state index in [0.717, 1.165) is 31.0 Å². The third-order valence-corrected chi connectivity index (χ3v) is 3.12. The van der Waals surface area contributed by atoms with E-state index in [2.05, 4.69) is 41.1 Å². The zero-order valence-corrected chi connectivity index (χ0v) is 12.5. The van der Waals surface area contributed by atoms with Gasteiger partial charge in [-0.3, -0.25) is 0 Å². The summed E-state index contributed by atoms with van der Waals surface area (Å²) in [7, 11) is 2.16. The number of nitrogens with one attached hydrogen (secondary N) is 1. The number of halogens is 1. The molecule has 0 radical (unpaired) electrons. The Kier molecular flexibility index (Phi) is 6.36. The van der Waals surface area contributed by atoms with E-state index in [1.165, 1.54) is 6.42 Å². The molecule has 5 heteroatoms. The van der Waals surface area contributed by atoms with Crippen LogP contribution in [-0.2, 0) is 0 Å². The molecular formula is C13H23ClN4. The van der Waals surface area contributed by atoms with Crippen molar-refractivity contribution in [2.75, 3.05) is 25.5 Å². The number of aryl methyl sites for hydroxylation is 1. The van der Waals surface area contributed by atoms with E-state index < -0.39 is 0 Å². The second-order valence-corrected chi connectivity index (χ2v) is 5.21. The van der Waals surface area contributed by atoms with Crippen molar-refractivity contribution in [3.8, 4) is 0 Å². The normalized spacial score (nSPS) is 11.3. The van der Waals surface area contributed by atoms with Crippen LogP contribution in [0.5, 0.6) is 0 Å². The first-order valence-electron chi connectivity index (χ1n) is 6.44. The van der Waals surface area contributed by atoms with Crippen molar-refractivity contribution in [2.45, 2.75) is 39.7 Å². The summed E-state index contributed by atoms with van der Waals surface area (Å²) in [6.45, 7) is 8.38. The summed E-state index contributed by atoms with van der Waals surface area (Å²) in [6.07, 6.45) is 2.30. The molecule has 0 saturated heterocycles. The lowest BCUT2D eigenvalue weighted by molar-refractivity contribution is 0.269. The molecule has 4 nitrogen and oxygen atoms in total. The van der Waals surface area contributed by atoms with Gasteiger partial charge >= 0.3 is 0 Å². The number of rotatable bonds is 7. The molecule has 18 heavy (non-hydrogen) atoms. The standard InChI is InChI=1S/C13H23ClN4/c1-10(2)18(4)8-6-5-7-15-12-9-11(3)16-13(14)17-12/h9-10H,5-8H2,1-4H3,(H,15,16,17). The number of nitrogens with zero attached hydrogens (tertiary/aromatic N) is 3. The Morgan fingerprint density at radius 2 is 2.06 bits per heavy atom. The van der Waals surface area contributed by atoms with Crippen molar-refractivity contribution >= 4 is 17.4 Å². The van der Waals surface area contributed by atoms with Crippen LogP contribution in [-0.4, -0.2) is 41.0 Å². The summed E-state index contributed by atoms with van der Waals surface area (Å²) in [4.78, 5) is 10.5. The van der Waals surface area contributed by atoms with Gasteiger partial charge in [0.15, 0.2) is 0 Å². The molecule has 0 aliphatic rings. The average Bonchev–Trinajstić information content (AvgIpc) is 2.26. The van der Waals surface area contributed by atoms with Gasteiger partial charge in [0.25, 0.3) is 0 Å². The van der Waals surface area contributed by atoms with E-state index in [4.69, 9.17) is 11.6 Å². The van der Waals surface area contributed by atoms with E-state index in [-0.39, 0.29) is 0 Å². The quantitative estimate of drug-likeness (QED) is 0.611. The molecule has 0 aliphatic heterocycles. The molecule has 0 aliphatic carbocycles. The minimum absolute atomic E-state index is 0.303. The zero-order chi connectivity index (χ0) is 13.5. The van der Waals surface area contributed by atoms with Gasteiger partial charge in [-0.15, -0.1) is 0 Å². The minimum Gasteiger partial charge on any atom is -0.370 e. The number of anilines is 1. The largest absolute Gasteiger partial charge is 0.370 e. The van der Waals surface area contributed by atoms with Crippen LogP contribution in [0, 0.1) is 6.92 Å². The summed E-state index contributed by atoms with van der Waals surface area (Å²) in [5.74, 6) is 0.810. The van der Waals surface area contributed by atoms with Gasteiger partial charge in [-0.05, 0) is 58.8 Å². The smallest absolute Gasteiger partial charge is 0.224 e. The predicted octanol–water partition coefficient (Wildman–Crippen LogP) is 2.97. The first-order valence-corrected chi connectivity index (χ1v) is 6.82. The molecule has 1 N–H and O–H groups in total. The molecule has 0 aromatic carbocycles. The lowest BCUT2D eigenvalue weighted by Gasteiger charge is -2.20. The molecule has 0 unspecified atom stereocenters. The van der Waals surface area contributed by atoms with Crippen LogP contribution >= 0.6 is 11.6 Å². The summed E-state index contributed by atoms with van der Waals surface area (Å²) < 4.78 is 0. The summed E-state index contributed by atoms with van der Waals surface area (Å²) >= 11 is 5.80. The summed E-state index contributed by atoms with van der Waals surface area (Å²) in [5.41, 5.74) is 0.886. The second kappa shape index (κ2) is 7.54. The average molecular weight is 271 g/mol. The fraction of sp³-hybridized carbons (Fsp3) is 0.692. The van der Waals surface area contributed by atoms with E-state index in [9.17, 15) is 0 Å². The third kappa shape index (κ3) is 5.65. The Bertz CT molecular complexity index is 348. The zero-order valence-electron chi connectivity index (χ0n) is 11.7. The molecular weight excluding hydrogens is 248 g/mol. The molecule has 0 saturated carbocycles. The molecule has 1 aromatic rings. The van der Waals surface area contributed by atoms with Crippen LogP contribution in [0.3, 0.4) is 0 Å². The fourth-order valence-corrected chi connectivity index (χ4v) is 1.81. The molecule has 0 spiro atoms. The van der Waals surface area contributed by atoms with Crippen LogP contribution in [0.2, 0.25) is 5.28 Å². The van der Waals surface area contributed by atoms with Crippen LogP contribution in [0.4, 0.5) is 5.82 Å². The maximum Gasteiger partial charge on any atom is 0.224 e. The number of unbranched alkanes of at least 4 members (excludes halogenated alkanes) is 1. The van der Waals surface area contributed by atoms with Gasteiger partial charge in [0.1, 0.15) is 5.82 Å². The lowest BCUT2D eigenvalue weighted by atomic mass is 10.2. The second-order valence-electron chi connectivity index (χ2n) is 4.87. The van der Waals surface area contributed by atoms with E-state index in [1.54, 1.807) is 0 Å². The number of aromatic nitrogens is 2. The topological polar surface area (TPSA) is 41.0 Å². The van der Waals surface area contributed by atoms with Crippen LogP contribution in [0.1, 0.15) is 32.4 Å². The van der Waals surface area contributed by atoms with Crippen molar-refractivity contribution in [3.05, 3.63) is 17.0 Å². The van der Waals surface area contributed by atoms with Crippen LogP contribution < -0.4 is 5.32 Å².